The number of hydrogen-bond acceptors (Lipinski definition) is 3. The minimum absolute atomic E-state index is 0.0501. The second-order valence-corrected chi connectivity index (χ2v) is 3.89. The summed E-state index contributed by atoms with van der Waals surface area (Å²) in [5.74, 6) is 0.283. The smallest absolute Gasteiger partial charge is 0.382 e. The highest BCUT2D eigenvalue weighted by Crippen LogP contribution is 2.30. The summed E-state index contributed by atoms with van der Waals surface area (Å²) in [4.78, 5) is 0. The molecule has 0 bridgehead atoms. The van der Waals surface area contributed by atoms with E-state index in [0.717, 1.165) is 5.69 Å². The van der Waals surface area contributed by atoms with Gasteiger partial charge < -0.3 is 5.73 Å². The Bertz CT molecular complexity index is 308. The standard InChI is InChI=1S/C7H10F3N3S/c1-5-4-6(11)12-13(5)2-3-14-7(8,9)10/h4H,2-3H2,1H3,(H2,11,12). The van der Waals surface area contributed by atoms with E-state index < -0.39 is 5.51 Å². The van der Waals surface area contributed by atoms with Crippen molar-refractivity contribution in [1.82, 2.24) is 9.78 Å². The molecule has 14 heavy (non-hydrogen) atoms. The van der Waals surface area contributed by atoms with Crippen LogP contribution in [-0.2, 0) is 6.54 Å². The Morgan fingerprint density at radius 1 is 1.57 bits per heavy atom. The highest BCUT2D eigenvalue weighted by molar-refractivity contribution is 8.00. The third-order valence-corrected chi connectivity index (χ3v) is 2.28. The van der Waals surface area contributed by atoms with Gasteiger partial charge in [-0.2, -0.15) is 18.3 Å². The van der Waals surface area contributed by atoms with Crippen molar-refractivity contribution in [3.05, 3.63) is 11.8 Å². The van der Waals surface area contributed by atoms with Crippen molar-refractivity contribution in [3.8, 4) is 0 Å². The Balaban J connectivity index is 2.42. The molecule has 1 aromatic rings. The van der Waals surface area contributed by atoms with Crippen LogP contribution in [0.1, 0.15) is 5.69 Å². The topological polar surface area (TPSA) is 43.8 Å². The molecule has 7 heteroatoms. The molecule has 1 heterocycles. The number of aromatic nitrogens is 2. The highest BCUT2D eigenvalue weighted by atomic mass is 32.2. The number of rotatable bonds is 3. The summed E-state index contributed by atoms with van der Waals surface area (Å²) >= 11 is -0.0553. The van der Waals surface area contributed by atoms with E-state index in [0.29, 0.717) is 5.82 Å². The van der Waals surface area contributed by atoms with E-state index in [4.69, 9.17) is 5.73 Å². The van der Waals surface area contributed by atoms with Gasteiger partial charge in [0, 0.05) is 17.5 Å². The van der Waals surface area contributed by atoms with Crippen molar-refractivity contribution in [3.63, 3.8) is 0 Å². The van der Waals surface area contributed by atoms with E-state index in [1.807, 2.05) is 0 Å². The summed E-state index contributed by atoms with van der Waals surface area (Å²) in [6.07, 6.45) is 0. The van der Waals surface area contributed by atoms with Crippen LogP contribution in [-0.4, -0.2) is 21.0 Å². The van der Waals surface area contributed by atoms with Gasteiger partial charge in [0.2, 0.25) is 0 Å². The number of alkyl halides is 3. The predicted molar refractivity (Wildman–Crippen MR) is 49.9 cm³/mol. The van der Waals surface area contributed by atoms with Crippen LogP contribution in [0, 0.1) is 6.92 Å². The first-order chi connectivity index (χ1) is 6.38. The van der Waals surface area contributed by atoms with Crippen LogP contribution in [0.2, 0.25) is 0 Å². The monoisotopic (exact) mass is 225 g/mol. The lowest BCUT2D eigenvalue weighted by atomic mass is 10.5. The van der Waals surface area contributed by atoms with Crippen LogP contribution >= 0.6 is 11.8 Å². The Morgan fingerprint density at radius 3 is 2.64 bits per heavy atom. The van der Waals surface area contributed by atoms with Crippen molar-refractivity contribution < 1.29 is 13.2 Å². The minimum atomic E-state index is -4.17. The van der Waals surface area contributed by atoms with Crippen molar-refractivity contribution in [1.29, 1.82) is 0 Å². The summed E-state index contributed by atoms with van der Waals surface area (Å²) in [5, 5.41) is 3.84. The molecule has 0 unspecified atom stereocenters. The zero-order valence-electron chi connectivity index (χ0n) is 7.51. The molecule has 2 N–H and O–H groups in total. The zero-order valence-corrected chi connectivity index (χ0v) is 8.32. The molecule has 0 radical (unpaired) electrons. The second kappa shape index (κ2) is 4.12. The van der Waals surface area contributed by atoms with Gasteiger partial charge in [0.05, 0.1) is 6.54 Å². The Labute approximate surface area is 83.5 Å². The number of nitrogens with zero attached hydrogens (tertiary/aromatic N) is 2. The SMILES string of the molecule is Cc1cc(N)nn1CCSC(F)(F)F. The average molecular weight is 225 g/mol. The van der Waals surface area contributed by atoms with E-state index in [-0.39, 0.29) is 24.1 Å². The van der Waals surface area contributed by atoms with Crippen LogP contribution in [0.25, 0.3) is 0 Å². The molecular weight excluding hydrogens is 215 g/mol. The van der Waals surface area contributed by atoms with Crippen LogP contribution in [0.15, 0.2) is 6.07 Å². The maximum atomic E-state index is 11.8. The lowest BCUT2D eigenvalue weighted by Gasteiger charge is -2.06. The van der Waals surface area contributed by atoms with Crippen molar-refractivity contribution in [2.45, 2.75) is 19.0 Å². The first-order valence-corrected chi connectivity index (χ1v) is 4.87. The molecule has 0 aliphatic carbocycles. The lowest BCUT2D eigenvalue weighted by molar-refractivity contribution is -0.0328. The van der Waals surface area contributed by atoms with Crippen LogP contribution in [0.4, 0.5) is 19.0 Å². The number of hydrogen-bond donors (Lipinski definition) is 1. The Kier molecular flexibility index (Phi) is 3.30. The maximum absolute atomic E-state index is 11.8. The van der Waals surface area contributed by atoms with Crippen LogP contribution < -0.4 is 5.73 Å². The fourth-order valence-corrected chi connectivity index (χ4v) is 1.51. The highest BCUT2D eigenvalue weighted by Gasteiger charge is 2.27. The van der Waals surface area contributed by atoms with Crippen LogP contribution in [0.5, 0.6) is 0 Å². The first-order valence-electron chi connectivity index (χ1n) is 3.89. The van der Waals surface area contributed by atoms with E-state index in [9.17, 15) is 13.2 Å². The number of nitrogen functional groups attached to an aromatic ring is 1. The summed E-state index contributed by atoms with van der Waals surface area (Å²) in [6, 6.07) is 1.62. The van der Waals surface area contributed by atoms with E-state index in [1.165, 1.54) is 4.68 Å². The van der Waals surface area contributed by atoms with Gasteiger partial charge in [0.25, 0.3) is 0 Å². The van der Waals surface area contributed by atoms with Gasteiger partial charge in [0.1, 0.15) is 5.82 Å². The third-order valence-electron chi connectivity index (χ3n) is 1.57. The van der Waals surface area contributed by atoms with Crippen molar-refractivity contribution in [2.24, 2.45) is 0 Å². The third kappa shape index (κ3) is 3.49. The summed E-state index contributed by atoms with van der Waals surface area (Å²) in [5.41, 5.74) is 1.97. The first kappa shape index (κ1) is 11.2. The van der Waals surface area contributed by atoms with Gasteiger partial charge in [-0.15, -0.1) is 0 Å². The average Bonchev–Trinajstić information content (AvgIpc) is 2.27. The molecule has 3 nitrogen and oxygen atoms in total. The molecule has 0 fully saturated rings. The van der Waals surface area contributed by atoms with Gasteiger partial charge in [-0.05, 0) is 18.7 Å². The number of aryl methyl sites for hydroxylation is 2. The largest absolute Gasteiger partial charge is 0.441 e. The number of halogens is 3. The lowest BCUT2D eigenvalue weighted by Crippen LogP contribution is -2.09. The molecule has 0 aromatic carbocycles. The molecule has 0 saturated carbocycles. The zero-order chi connectivity index (χ0) is 10.8. The number of anilines is 1. The van der Waals surface area contributed by atoms with E-state index in [2.05, 4.69) is 5.10 Å². The molecule has 0 amide bonds. The van der Waals surface area contributed by atoms with E-state index in [1.54, 1.807) is 13.0 Å². The molecule has 0 aliphatic rings. The van der Waals surface area contributed by atoms with Gasteiger partial charge in [-0.1, -0.05) is 0 Å². The van der Waals surface area contributed by atoms with E-state index >= 15 is 0 Å². The second-order valence-electron chi connectivity index (χ2n) is 2.73. The predicted octanol–water partition coefficient (Wildman–Crippen LogP) is 2.03. The molecular formula is C7H10F3N3S. The van der Waals surface area contributed by atoms with Crippen molar-refractivity contribution >= 4 is 17.6 Å². The molecule has 0 atom stereocenters. The van der Waals surface area contributed by atoms with Gasteiger partial charge in [-0.3, -0.25) is 4.68 Å². The fourth-order valence-electron chi connectivity index (χ4n) is 1.01. The molecule has 0 spiro atoms. The Morgan fingerprint density at radius 2 is 2.21 bits per heavy atom. The quantitative estimate of drug-likeness (QED) is 0.855. The molecule has 1 rings (SSSR count). The molecule has 0 saturated heterocycles. The summed E-state index contributed by atoms with van der Waals surface area (Å²) < 4.78 is 36.8. The minimum Gasteiger partial charge on any atom is -0.382 e. The number of thioether (sulfide) groups is 1. The van der Waals surface area contributed by atoms with Crippen LogP contribution in [0.3, 0.4) is 0 Å². The Hall–Kier alpha value is -0.850. The van der Waals surface area contributed by atoms with Crippen molar-refractivity contribution in [2.75, 3.05) is 11.5 Å². The summed E-state index contributed by atoms with van der Waals surface area (Å²) in [6.45, 7) is 1.97. The number of nitrogens with two attached hydrogens (primary N) is 1. The normalized spacial score (nSPS) is 12.0. The van der Waals surface area contributed by atoms with Gasteiger partial charge in [0.15, 0.2) is 0 Å². The van der Waals surface area contributed by atoms with Gasteiger partial charge in [-0.25, -0.2) is 0 Å². The maximum Gasteiger partial charge on any atom is 0.441 e. The molecule has 0 aliphatic heterocycles. The molecule has 1 aromatic heterocycles. The summed E-state index contributed by atoms with van der Waals surface area (Å²) in [7, 11) is 0. The molecule has 80 valence electrons. The van der Waals surface area contributed by atoms with Gasteiger partial charge >= 0.3 is 5.51 Å². The fraction of sp³-hybridized carbons (Fsp3) is 0.571.